The Hall–Kier alpha value is -2.32. The van der Waals surface area contributed by atoms with Crippen LogP contribution in [0.4, 0.5) is 0 Å². The second-order valence-electron chi connectivity index (χ2n) is 4.91. The largest absolute Gasteiger partial charge is 0.493 e. The minimum atomic E-state index is -3.82. The van der Waals surface area contributed by atoms with Gasteiger partial charge in [-0.3, -0.25) is 0 Å². The SMILES string of the molecule is CCOc1ccc(S(=O)(=O)NCc2ccn(C)c2)cc1C(=O)O. The van der Waals surface area contributed by atoms with E-state index in [4.69, 9.17) is 4.74 Å². The number of ether oxygens (including phenoxy) is 1. The normalized spacial score (nSPS) is 11.4. The average Bonchev–Trinajstić information content (AvgIpc) is 2.91. The number of rotatable bonds is 7. The number of sulfonamides is 1. The molecule has 0 unspecified atom stereocenters. The van der Waals surface area contributed by atoms with Gasteiger partial charge in [-0.1, -0.05) is 0 Å². The van der Waals surface area contributed by atoms with E-state index < -0.39 is 16.0 Å². The lowest BCUT2D eigenvalue weighted by Crippen LogP contribution is -2.23. The van der Waals surface area contributed by atoms with Gasteiger partial charge >= 0.3 is 5.97 Å². The van der Waals surface area contributed by atoms with Gasteiger partial charge in [0.05, 0.1) is 11.5 Å². The van der Waals surface area contributed by atoms with Gasteiger partial charge in [0.25, 0.3) is 0 Å². The fourth-order valence-electron chi connectivity index (χ4n) is 2.05. The number of nitrogens with zero attached hydrogens (tertiary/aromatic N) is 1. The van der Waals surface area contributed by atoms with E-state index in [1.165, 1.54) is 12.1 Å². The molecule has 23 heavy (non-hydrogen) atoms. The van der Waals surface area contributed by atoms with E-state index in [1.807, 2.05) is 17.8 Å². The third-order valence-electron chi connectivity index (χ3n) is 3.15. The van der Waals surface area contributed by atoms with Gasteiger partial charge in [0, 0.05) is 26.0 Å². The van der Waals surface area contributed by atoms with Crippen molar-refractivity contribution in [2.75, 3.05) is 6.61 Å². The molecule has 1 heterocycles. The van der Waals surface area contributed by atoms with Gasteiger partial charge in [-0.25, -0.2) is 17.9 Å². The van der Waals surface area contributed by atoms with Crippen molar-refractivity contribution in [3.8, 4) is 5.75 Å². The Kier molecular flexibility index (Phi) is 5.07. The van der Waals surface area contributed by atoms with Crippen LogP contribution < -0.4 is 9.46 Å². The van der Waals surface area contributed by atoms with Gasteiger partial charge in [-0.15, -0.1) is 0 Å². The minimum Gasteiger partial charge on any atom is -0.493 e. The summed E-state index contributed by atoms with van der Waals surface area (Å²) in [6.07, 6.45) is 3.60. The molecule has 2 aromatic rings. The van der Waals surface area contributed by atoms with Crippen LogP contribution in [0.3, 0.4) is 0 Å². The lowest BCUT2D eigenvalue weighted by molar-refractivity contribution is 0.0692. The molecule has 124 valence electrons. The maximum Gasteiger partial charge on any atom is 0.339 e. The van der Waals surface area contributed by atoms with Crippen LogP contribution in [0.5, 0.6) is 5.75 Å². The van der Waals surface area contributed by atoms with Crippen LogP contribution in [0.25, 0.3) is 0 Å². The topological polar surface area (TPSA) is 97.6 Å². The number of carboxylic acids is 1. The van der Waals surface area contributed by atoms with E-state index in [1.54, 1.807) is 19.2 Å². The first-order chi connectivity index (χ1) is 10.8. The van der Waals surface area contributed by atoms with Crippen LogP contribution in [0, 0.1) is 0 Å². The van der Waals surface area contributed by atoms with Crippen molar-refractivity contribution in [1.82, 2.24) is 9.29 Å². The van der Waals surface area contributed by atoms with Gasteiger partial charge in [-0.05, 0) is 36.8 Å². The molecule has 0 aliphatic carbocycles. The summed E-state index contributed by atoms with van der Waals surface area (Å²) in [5, 5.41) is 9.20. The highest BCUT2D eigenvalue weighted by Crippen LogP contribution is 2.23. The average molecular weight is 338 g/mol. The molecule has 7 nitrogen and oxygen atoms in total. The predicted molar refractivity (Wildman–Crippen MR) is 84.0 cm³/mol. The summed E-state index contributed by atoms with van der Waals surface area (Å²) in [7, 11) is -1.98. The lowest BCUT2D eigenvalue weighted by atomic mass is 10.2. The van der Waals surface area contributed by atoms with Crippen molar-refractivity contribution >= 4 is 16.0 Å². The van der Waals surface area contributed by atoms with Crippen molar-refractivity contribution in [1.29, 1.82) is 0 Å². The van der Waals surface area contributed by atoms with Crippen molar-refractivity contribution in [2.24, 2.45) is 7.05 Å². The summed E-state index contributed by atoms with van der Waals surface area (Å²) in [5.74, 6) is -1.10. The second-order valence-corrected chi connectivity index (χ2v) is 6.67. The highest BCUT2D eigenvalue weighted by molar-refractivity contribution is 7.89. The van der Waals surface area contributed by atoms with Gasteiger partial charge in [-0.2, -0.15) is 0 Å². The van der Waals surface area contributed by atoms with Crippen LogP contribution in [0.2, 0.25) is 0 Å². The lowest BCUT2D eigenvalue weighted by Gasteiger charge is -2.10. The Balaban J connectivity index is 2.25. The van der Waals surface area contributed by atoms with Crippen molar-refractivity contribution in [2.45, 2.75) is 18.4 Å². The van der Waals surface area contributed by atoms with E-state index in [0.29, 0.717) is 6.61 Å². The maximum absolute atomic E-state index is 12.3. The summed E-state index contributed by atoms with van der Waals surface area (Å²) in [6.45, 7) is 2.13. The number of aromatic nitrogens is 1. The zero-order valence-corrected chi connectivity index (χ0v) is 13.6. The molecule has 0 bridgehead atoms. The van der Waals surface area contributed by atoms with Crippen molar-refractivity contribution in [3.63, 3.8) is 0 Å². The number of benzene rings is 1. The zero-order chi connectivity index (χ0) is 17.0. The molecule has 0 aliphatic rings. The fourth-order valence-corrected chi connectivity index (χ4v) is 3.10. The first kappa shape index (κ1) is 17.0. The molecule has 8 heteroatoms. The quantitative estimate of drug-likeness (QED) is 0.799. The van der Waals surface area contributed by atoms with E-state index >= 15 is 0 Å². The van der Waals surface area contributed by atoms with Crippen molar-refractivity contribution in [3.05, 3.63) is 47.8 Å². The van der Waals surface area contributed by atoms with Gasteiger partial charge in [0.1, 0.15) is 11.3 Å². The highest BCUT2D eigenvalue weighted by Gasteiger charge is 2.19. The minimum absolute atomic E-state index is 0.116. The number of carboxylic acid groups (broad SMARTS) is 1. The standard InChI is InChI=1S/C15H18N2O5S/c1-3-22-14-5-4-12(8-13(14)15(18)19)23(20,21)16-9-11-6-7-17(2)10-11/h4-8,10,16H,3,9H2,1-2H3,(H,18,19). The van der Waals surface area contributed by atoms with Crippen LogP contribution in [0.1, 0.15) is 22.8 Å². The third kappa shape index (κ3) is 4.11. The first-order valence-corrected chi connectivity index (χ1v) is 8.42. The van der Waals surface area contributed by atoms with Crippen molar-refractivity contribution < 1.29 is 23.1 Å². The molecule has 2 rings (SSSR count). The Morgan fingerprint density at radius 1 is 1.35 bits per heavy atom. The maximum atomic E-state index is 12.3. The summed E-state index contributed by atoms with van der Waals surface area (Å²) >= 11 is 0. The van der Waals surface area contributed by atoms with E-state index in [-0.39, 0.29) is 22.8 Å². The van der Waals surface area contributed by atoms with Gasteiger partial charge in [0.15, 0.2) is 0 Å². The number of aryl methyl sites for hydroxylation is 1. The molecule has 0 saturated heterocycles. The van der Waals surface area contributed by atoms with Crippen LogP contribution in [-0.2, 0) is 23.6 Å². The predicted octanol–water partition coefficient (Wildman–Crippen LogP) is 1.60. The molecule has 0 spiro atoms. The number of carbonyl (C=O) groups is 1. The van der Waals surface area contributed by atoms with Crippen LogP contribution in [-0.4, -0.2) is 30.7 Å². The van der Waals surface area contributed by atoms with E-state index in [0.717, 1.165) is 11.6 Å². The third-order valence-corrected chi connectivity index (χ3v) is 4.55. The number of nitrogens with one attached hydrogen (secondary N) is 1. The fraction of sp³-hybridized carbons (Fsp3) is 0.267. The molecule has 1 aromatic heterocycles. The van der Waals surface area contributed by atoms with E-state index in [2.05, 4.69) is 4.72 Å². The summed E-state index contributed by atoms with van der Waals surface area (Å²) < 4.78 is 34.1. The molecule has 0 aliphatic heterocycles. The monoisotopic (exact) mass is 338 g/mol. The Bertz CT molecular complexity index is 811. The van der Waals surface area contributed by atoms with Crippen LogP contribution >= 0.6 is 0 Å². The summed E-state index contributed by atoms with van der Waals surface area (Å²) in [6, 6.07) is 5.57. The molecule has 1 aromatic carbocycles. The first-order valence-electron chi connectivity index (χ1n) is 6.94. The van der Waals surface area contributed by atoms with Gasteiger partial charge in [0.2, 0.25) is 10.0 Å². The van der Waals surface area contributed by atoms with Crippen LogP contribution in [0.15, 0.2) is 41.6 Å². The molecule has 0 amide bonds. The Labute approximate surface area is 134 Å². The Morgan fingerprint density at radius 3 is 2.65 bits per heavy atom. The molecule has 2 N–H and O–H groups in total. The Morgan fingerprint density at radius 2 is 2.09 bits per heavy atom. The summed E-state index contributed by atoms with van der Waals surface area (Å²) in [4.78, 5) is 11.1. The zero-order valence-electron chi connectivity index (χ0n) is 12.8. The van der Waals surface area contributed by atoms with Gasteiger partial charge < -0.3 is 14.4 Å². The highest BCUT2D eigenvalue weighted by atomic mass is 32.2. The molecule has 0 radical (unpaired) electrons. The summed E-state index contributed by atoms with van der Waals surface area (Å²) in [5.41, 5.74) is 0.620. The second kappa shape index (κ2) is 6.84. The molecular formula is C15H18N2O5S. The molecular weight excluding hydrogens is 320 g/mol. The number of hydrogen-bond acceptors (Lipinski definition) is 4. The molecule has 0 saturated carbocycles. The smallest absolute Gasteiger partial charge is 0.339 e. The van der Waals surface area contributed by atoms with E-state index in [9.17, 15) is 18.3 Å². The number of hydrogen-bond donors (Lipinski definition) is 2. The molecule has 0 atom stereocenters. The molecule has 0 fully saturated rings. The number of aromatic carboxylic acids is 1.